The maximum Gasteiger partial charge on any atom is 0.115 e. The van der Waals surface area contributed by atoms with E-state index >= 15 is 0 Å². The van der Waals surface area contributed by atoms with Gasteiger partial charge in [0.05, 0.1) is 0 Å². The summed E-state index contributed by atoms with van der Waals surface area (Å²) in [6.45, 7) is 11.7. The van der Waals surface area contributed by atoms with Crippen LogP contribution in [0.25, 0.3) is 0 Å². The lowest BCUT2D eigenvalue weighted by Gasteiger charge is -2.59. The van der Waals surface area contributed by atoms with E-state index in [0.29, 0.717) is 16.6 Å². The molecule has 1 N–H and O–H groups in total. The van der Waals surface area contributed by atoms with E-state index in [2.05, 4.69) is 40.7 Å². The molecule has 1 aromatic rings. The van der Waals surface area contributed by atoms with E-state index in [1.807, 2.05) is 12.1 Å². The molecule has 2 rings (SSSR count). The van der Waals surface area contributed by atoms with Crippen LogP contribution in [0.1, 0.15) is 59.4 Å². The zero-order valence-corrected chi connectivity index (χ0v) is 12.4. The van der Waals surface area contributed by atoms with Crippen molar-refractivity contribution in [1.29, 1.82) is 0 Å². The number of phenols is 1. The van der Waals surface area contributed by atoms with Crippen LogP contribution in [0, 0.1) is 10.8 Å². The molecule has 100 valence electrons. The first-order valence-corrected chi connectivity index (χ1v) is 6.96. The summed E-state index contributed by atoms with van der Waals surface area (Å²) >= 11 is 0. The molecule has 1 atom stereocenters. The summed E-state index contributed by atoms with van der Waals surface area (Å²) in [7, 11) is 0. The van der Waals surface area contributed by atoms with Gasteiger partial charge in [-0.25, -0.2) is 0 Å². The predicted molar refractivity (Wildman–Crippen MR) is 76.9 cm³/mol. The molecule has 0 bridgehead atoms. The van der Waals surface area contributed by atoms with Gasteiger partial charge < -0.3 is 5.11 Å². The quantitative estimate of drug-likeness (QED) is 0.788. The van der Waals surface area contributed by atoms with Crippen molar-refractivity contribution in [2.45, 2.75) is 59.3 Å². The molecule has 0 spiro atoms. The van der Waals surface area contributed by atoms with Crippen molar-refractivity contribution in [2.75, 3.05) is 0 Å². The van der Waals surface area contributed by atoms with Crippen molar-refractivity contribution >= 4 is 0 Å². The van der Waals surface area contributed by atoms with Crippen LogP contribution in [0.15, 0.2) is 24.3 Å². The van der Waals surface area contributed by atoms with Crippen molar-refractivity contribution in [1.82, 2.24) is 0 Å². The van der Waals surface area contributed by atoms with Gasteiger partial charge in [0.2, 0.25) is 0 Å². The third-order valence-electron chi connectivity index (χ3n) is 4.70. The molecule has 0 saturated heterocycles. The Morgan fingerprint density at radius 2 is 1.83 bits per heavy atom. The fourth-order valence-corrected chi connectivity index (χ4v) is 3.60. The van der Waals surface area contributed by atoms with Crippen molar-refractivity contribution in [3.8, 4) is 5.75 Å². The van der Waals surface area contributed by atoms with Crippen LogP contribution in [0.2, 0.25) is 0 Å². The SMILES string of the molecule is CC(C)(C)CC1(c2cccc(O)c2)CCC1(C)C. The number of phenolic OH excluding ortho intramolecular Hbond substituents is 1. The highest BCUT2D eigenvalue weighted by Gasteiger charge is 2.54. The summed E-state index contributed by atoms with van der Waals surface area (Å²) in [5, 5.41) is 9.76. The summed E-state index contributed by atoms with van der Waals surface area (Å²) < 4.78 is 0. The summed E-state index contributed by atoms with van der Waals surface area (Å²) in [6, 6.07) is 7.89. The molecule has 1 nitrogen and oxygen atoms in total. The van der Waals surface area contributed by atoms with E-state index in [-0.39, 0.29) is 5.41 Å². The average Bonchev–Trinajstić information content (AvgIpc) is 2.23. The van der Waals surface area contributed by atoms with Crippen LogP contribution in [-0.2, 0) is 5.41 Å². The second-order valence-electron chi connectivity index (χ2n) is 7.75. The maximum atomic E-state index is 9.76. The number of rotatable bonds is 2. The van der Waals surface area contributed by atoms with Gasteiger partial charge in [0.15, 0.2) is 0 Å². The molecule has 1 aliphatic carbocycles. The van der Waals surface area contributed by atoms with Gasteiger partial charge in [-0.3, -0.25) is 0 Å². The molecular weight excluding hydrogens is 220 g/mol. The molecule has 0 aromatic heterocycles. The Kier molecular flexibility index (Phi) is 3.00. The minimum Gasteiger partial charge on any atom is -0.508 e. The van der Waals surface area contributed by atoms with Crippen LogP contribution < -0.4 is 0 Å². The first kappa shape index (κ1) is 13.5. The van der Waals surface area contributed by atoms with E-state index in [0.717, 1.165) is 0 Å². The minimum absolute atomic E-state index is 0.226. The second kappa shape index (κ2) is 4.01. The first-order chi connectivity index (χ1) is 8.16. The number of aromatic hydroxyl groups is 1. The summed E-state index contributed by atoms with van der Waals surface area (Å²) in [5.74, 6) is 0.392. The lowest BCUT2D eigenvalue weighted by Crippen LogP contribution is -2.53. The van der Waals surface area contributed by atoms with E-state index < -0.39 is 0 Å². The summed E-state index contributed by atoms with van der Waals surface area (Å²) in [5.41, 5.74) is 2.18. The average molecular weight is 246 g/mol. The number of benzene rings is 1. The van der Waals surface area contributed by atoms with Gasteiger partial charge >= 0.3 is 0 Å². The lowest BCUT2D eigenvalue weighted by atomic mass is 9.45. The van der Waals surface area contributed by atoms with Gasteiger partial charge in [0, 0.05) is 5.41 Å². The van der Waals surface area contributed by atoms with Crippen LogP contribution >= 0.6 is 0 Å². The Morgan fingerprint density at radius 3 is 2.22 bits per heavy atom. The number of hydrogen-bond donors (Lipinski definition) is 1. The van der Waals surface area contributed by atoms with Gasteiger partial charge in [0.1, 0.15) is 5.75 Å². The highest BCUT2D eigenvalue weighted by molar-refractivity contribution is 5.37. The van der Waals surface area contributed by atoms with E-state index in [1.165, 1.54) is 24.8 Å². The minimum atomic E-state index is 0.226. The Bertz CT molecular complexity index is 439. The Hall–Kier alpha value is -0.980. The van der Waals surface area contributed by atoms with E-state index in [1.54, 1.807) is 6.07 Å². The van der Waals surface area contributed by atoms with Crippen molar-refractivity contribution < 1.29 is 5.11 Å². The monoisotopic (exact) mass is 246 g/mol. The van der Waals surface area contributed by atoms with Gasteiger partial charge in [-0.1, -0.05) is 46.8 Å². The summed E-state index contributed by atoms with van der Waals surface area (Å²) in [4.78, 5) is 0. The third kappa shape index (κ3) is 2.15. The molecule has 18 heavy (non-hydrogen) atoms. The highest BCUT2D eigenvalue weighted by atomic mass is 16.3. The molecule has 1 aromatic carbocycles. The fraction of sp³-hybridized carbons (Fsp3) is 0.647. The normalized spacial score (nSPS) is 26.7. The zero-order valence-electron chi connectivity index (χ0n) is 12.4. The fourth-order valence-electron chi connectivity index (χ4n) is 3.60. The molecule has 1 unspecified atom stereocenters. The number of hydrogen-bond acceptors (Lipinski definition) is 1. The van der Waals surface area contributed by atoms with Gasteiger partial charge in [-0.05, 0) is 47.8 Å². The predicted octanol–water partition coefficient (Wildman–Crippen LogP) is 4.89. The topological polar surface area (TPSA) is 20.2 Å². The van der Waals surface area contributed by atoms with Crippen LogP contribution in [-0.4, -0.2) is 5.11 Å². The third-order valence-corrected chi connectivity index (χ3v) is 4.70. The molecule has 0 heterocycles. The highest BCUT2D eigenvalue weighted by Crippen LogP contribution is 2.62. The van der Waals surface area contributed by atoms with E-state index in [9.17, 15) is 5.11 Å². The molecular formula is C17H26O. The van der Waals surface area contributed by atoms with Crippen LogP contribution in [0.4, 0.5) is 0 Å². The van der Waals surface area contributed by atoms with Crippen molar-refractivity contribution in [2.24, 2.45) is 10.8 Å². The molecule has 1 heteroatoms. The Labute approximate surface area is 111 Å². The molecule has 1 fully saturated rings. The molecule has 1 saturated carbocycles. The van der Waals surface area contributed by atoms with Crippen LogP contribution in [0.3, 0.4) is 0 Å². The standard InChI is InChI=1S/C17H26O/c1-15(2,3)12-17(10-9-16(17,4)5)13-7-6-8-14(18)11-13/h6-8,11,18H,9-10,12H2,1-5H3. The smallest absolute Gasteiger partial charge is 0.115 e. The first-order valence-electron chi connectivity index (χ1n) is 6.96. The zero-order chi connectivity index (χ0) is 13.6. The molecule has 0 radical (unpaired) electrons. The molecule has 0 amide bonds. The van der Waals surface area contributed by atoms with Gasteiger partial charge in [-0.15, -0.1) is 0 Å². The maximum absolute atomic E-state index is 9.76. The molecule has 1 aliphatic rings. The second-order valence-corrected chi connectivity index (χ2v) is 7.75. The van der Waals surface area contributed by atoms with E-state index in [4.69, 9.17) is 0 Å². The largest absolute Gasteiger partial charge is 0.508 e. The lowest BCUT2D eigenvalue weighted by molar-refractivity contribution is -0.00760. The Balaban J connectivity index is 2.44. The Morgan fingerprint density at radius 1 is 1.17 bits per heavy atom. The molecule has 0 aliphatic heterocycles. The van der Waals surface area contributed by atoms with Gasteiger partial charge in [0.25, 0.3) is 0 Å². The van der Waals surface area contributed by atoms with Crippen molar-refractivity contribution in [3.63, 3.8) is 0 Å². The van der Waals surface area contributed by atoms with Gasteiger partial charge in [-0.2, -0.15) is 0 Å². The van der Waals surface area contributed by atoms with Crippen molar-refractivity contribution in [3.05, 3.63) is 29.8 Å². The summed E-state index contributed by atoms with van der Waals surface area (Å²) in [6.07, 6.45) is 3.69. The van der Waals surface area contributed by atoms with Crippen LogP contribution in [0.5, 0.6) is 5.75 Å².